The summed E-state index contributed by atoms with van der Waals surface area (Å²) in [5, 5.41) is 7.70. The largest absolute Gasteiger partial charge is 0.356 e. The lowest BCUT2D eigenvalue weighted by molar-refractivity contribution is 0.626. The molecule has 1 aromatic carbocycles. The molecule has 0 fully saturated rings. The Hall–Kier alpha value is -1.95. The summed E-state index contributed by atoms with van der Waals surface area (Å²) in [6.07, 6.45) is 4.71. The van der Waals surface area contributed by atoms with Crippen LogP contribution in [0.1, 0.15) is 22.4 Å². The van der Waals surface area contributed by atoms with Gasteiger partial charge in [-0.05, 0) is 30.5 Å². The normalized spacial score (nSPS) is 11.5. The van der Waals surface area contributed by atoms with Gasteiger partial charge >= 0.3 is 0 Å². The predicted molar refractivity (Wildman–Crippen MR) is 94.7 cm³/mol. The topological polar surface area (TPSA) is 49.3 Å². The minimum atomic E-state index is -0.201. The van der Waals surface area contributed by atoms with Gasteiger partial charge in [-0.1, -0.05) is 19.1 Å². The Morgan fingerprint density at radius 1 is 1.17 bits per heavy atom. The highest BCUT2D eigenvalue weighted by atomic mass is 32.1. The van der Waals surface area contributed by atoms with Gasteiger partial charge < -0.3 is 10.6 Å². The highest BCUT2D eigenvalue weighted by Crippen LogP contribution is 2.13. The van der Waals surface area contributed by atoms with Crippen LogP contribution in [0, 0.1) is 5.82 Å². The molecule has 0 amide bonds. The van der Waals surface area contributed by atoms with Crippen molar-refractivity contribution in [3.63, 3.8) is 0 Å². The zero-order valence-corrected chi connectivity index (χ0v) is 14.4. The van der Waals surface area contributed by atoms with Crippen molar-refractivity contribution in [2.45, 2.75) is 26.2 Å². The van der Waals surface area contributed by atoms with E-state index < -0.39 is 0 Å². The number of aliphatic imine (C=N–C) groups is 1. The van der Waals surface area contributed by atoms with Gasteiger partial charge in [0.2, 0.25) is 0 Å². The van der Waals surface area contributed by atoms with E-state index in [4.69, 9.17) is 0 Å². The van der Waals surface area contributed by atoms with Crippen LogP contribution in [0.25, 0.3) is 0 Å². The molecule has 0 aliphatic rings. The minimum Gasteiger partial charge on any atom is -0.356 e. The van der Waals surface area contributed by atoms with E-state index in [1.165, 1.54) is 17.0 Å². The number of thiazole rings is 1. The molecule has 2 aromatic rings. The molecule has 6 heteroatoms. The number of aryl methyl sites for hydroxylation is 1. The molecule has 0 aliphatic heterocycles. The standard InChI is InChI=1S/C17H23FN4S/c1-3-15-12-22-16(23-15)9-11-21-17(19-2)20-10-8-13-4-6-14(18)7-5-13/h4-7,12H,3,8-11H2,1-2H3,(H2,19,20,21). The number of guanidine groups is 1. The van der Waals surface area contributed by atoms with Gasteiger partial charge in [-0.25, -0.2) is 9.37 Å². The molecule has 0 spiro atoms. The van der Waals surface area contributed by atoms with Crippen LogP contribution in [0.2, 0.25) is 0 Å². The number of nitrogens with zero attached hydrogens (tertiary/aromatic N) is 2. The SMILES string of the molecule is CCc1cnc(CCNC(=NC)NCCc2ccc(F)cc2)s1. The average Bonchev–Trinajstić information content (AvgIpc) is 3.03. The molecule has 2 N–H and O–H groups in total. The summed E-state index contributed by atoms with van der Waals surface area (Å²) in [6.45, 7) is 3.69. The molecule has 4 nitrogen and oxygen atoms in total. The Kier molecular flexibility index (Phi) is 7.00. The van der Waals surface area contributed by atoms with Crippen LogP contribution in [-0.2, 0) is 19.3 Å². The second-order valence-corrected chi connectivity index (χ2v) is 6.33. The van der Waals surface area contributed by atoms with Crippen molar-refractivity contribution in [3.05, 3.63) is 51.7 Å². The van der Waals surface area contributed by atoms with Gasteiger partial charge in [0.1, 0.15) is 5.82 Å². The van der Waals surface area contributed by atoms with Crippen molar-refractivity contribution in [1.82, 2.24) is 15.6 Å². The number of halogens is 1. The second-order valence-electron chi connectivity index (χ2n) is 5.13. The number of hydrogen-bond donors (Lipinski definition) is 2. The Morgan fingerprint density at radius 3 is 2.48 bits per heavy atom. The van der Waals surface area contributed by atoms with Crippen LogP contribution in [0.3, 0.4) is 0 Å². The van der Waals surface area contributed by atoms with Gasteiger partial charge in [0.05, 0.1) is 5.01 Å². The summed E-state index contributed by atoms with van der Waals surface area (Å²) >= 11 is 1.77. The Morgan fingerprint density at radius 2 is 1.87 bits per heavy atom. The molecule has 0 bridgehead atoms. The van der Waals surface area contributed by atoms with Gasteiger partial charge in [-0.2, -0.15) is 0 Å². The van der Waals surface area contributed by atoms with E-state index in [0.29, 0.717) is 0 Å². The molecule has 0 saturated carbocycles. The molecule has 1 heterocycles. The Balaban J connectivity index is 1.67. The van der Waals surface area contributed by atoms with E-state index in [0.717, 1.165) is 48.9 Å². The maximum Gasteiger partial charge on any atom is 0.191 e. The van der Waals surface area contributed by atoms with Crippen LogP contribution >= 0.6 is 11.3 Å². The van der Waals surface area contributed by atoms with Gasteiger partial charge in [-0.3, -0.25) is 4.99 Å². The van der Waals surface area contributed by atoms with E-state index in [1.54, 1.807) is 30.5 Å². The molecular weight excluding hydrogens is 311 g/mol. The van der Waals surface area contributed by atoms with Crippen molar-refractivity contribution < 1.29 is 4.39 Å². The first-order valence-corrected chi connectivity index (χ1v) is 8.65. The van der Waals surface area contributed by atoms with Crippen LogP contribution in [0.15, 0.2) is 35.5 Å². The lowest BCUT2D eigenvalue weighted by Crippen LogP contribution is -2.39. The number of benzene rings is 1. The van der Waals surface area contributed by atoms with Crippen molar-refractivity contribution in [2.75, 3.05) is 20.1 Å². The average molecular weight is 334 g/mol. The van der Waals surface area contributed by atoms with E-state index in [2.05, 4.69) is 27.5 Å². The van der Waals surface area contributed by atoms with Crippen LogP contribution in [0.5, 0.6) is 0 Å². The molecule has 0 unspecified atom stereocenters. The molecule has 124 valence electrons. The lowest BCUT2D eigenvalue weighted by atomic mass is 10.1. The second kappa shape index (κ2) is 9.25. The first kappa shape index (κ1) is 17.4. The Bertz CT molecular complexity index is 622. The summed E-state index contributed by atoms with van der Waals surface area (Å²) in [5.41, 5.74) is 1.10. The summed E-state index contributed by atoms with van der Waals surface area (Å²) in [6, 6.07) is 6.59. The summed E-state index contributed by atoms with van der Waals surface area (Å²) in [7, 11) is 1.76. The molecule has 0 atom stereocenters. The fraction of sp³-hybridized carbons (Fsp3) is 0.412. The number of nitrogens with one attached hydrogen (secondary N) is 2. The van der Waals surface area contributed by atoms with Gasteiger partial charge in [0, 0.05) is 37.6 Å². The van der Waals surface area contributed by atoms with E-state index in [1.807, 2.05) is 6.20 Å². The molecule has 0 radical (unpaired) electrons. The van der Waals surface area contributed by atoms with Crippen molar-refractivity contribution in [1.29, 1.82) is 0 Å². The van der Waals surface area contributed by atoms with Crippen LogP contribution < -0.4 is 10.6 Å². The van der Waals surface area contributed by atoms with E-state index >= 15 is 0 Å². The maximum atomic E-state index is 12.8. The monoisotopic (exact) mass is 334 g/mol. The highest BCUT2D eigenvalue weighted by Gasteiger charge is 2.02. The zero-order valence-electron chi connectivity index (χ0n) is 13.6. The summed E-state index contributed by atoms with van der Waals surface area (Å²) in [4.78, 5) is 9.93. The van der Waals surface area contributed by atoms with Crippen molar-refractivity contribution in [2.24, 2.45) is 4.99 Å². The molecule has 0 aliphatic carbocycles. The number of aromatic nitrogens is 1. The number of rotatable bonds is 7. The van der Waals surface area contributed by atoms with Crippen LogP contribution in [-0.4, -0.2) is 31.1 Å². The lowest BCUT2D eigenvalue weighted by Gasteiger charge is -2.11. The third kappa shape index (κ3) is 5.98. The zero-order chi connectivity index (χ0) is 16.5. The highest BCUT2D eigenvalue weighted by molar-refractivity contribution is 7.11. The van der Waals surface area contributed by atoms with Crippen molar-refractivity contribution >= 4 is 17.3 Å². The molecule has 23 heavy (non-hydrogen) atoms. The first-order chi connectivity index (χ1) is 11.2. The van der Waals surface area contributed by atoms with Gasteiger partial charge in [0.25, 0.3) is 0 Å². The molecule has 1 aromatic heterocycles. The molecule has 0 saturated heterocycles. The number of hydrogen-bond acceptors (Lipinski definition) is 3. The fourth-order valence-corrected chi connectivity index (χ4v) is 2.97. The third-order valence-electron chi connectivity index (χ3n) is 3.42. The fourth-order valence-electron chi connectivity index (χ4n) is 2.11. The molecular formula is C17H23FN4S. The maximum absolute atomic E-state index is 12.8. The smallest absolute Gasteiger partial charge is 0.191 e. The third-order valence-corrected chi connectivity index (χ3v) is 4.63. The first-order valence-electron chi connectivity index (χ1n) is 7.83. The van der Waals surface area contributed by atoms with Crippen molar-refractivity contribution in [3.8, 4) is 0 Å². The summed E-state index contributed by atoms with van der Waals surface area (Å²) < 4.78 is 12.8. The van der Waals surface area contributed by atoms with E-state index in [9.17, 15) is 4.39 Å². The minimum absolute atomic E-state index is 0.201. The van der Waals surface area contributed by atoms with Gasteiger partial charge in [0.15, 0.2) is 5.96 Å². The predicted octanol–water partition coefficient (Wildman–Crippen LogP) is 2.79. The van der Waals surface area contributed by atoms with Gasteiger partial charge in [-0.15, -0.1) is 11.3 Å². The summed E-state index contributed by atoms with van der Waals surface area (Å²) in [5.74, 6) is 0.576. The Labute approximate surface area is 140 Å². The molecule has 2 rings (SSSR count). The van der Waals surface area contributed by atoms with E-state index in [-0.39, 0.29) is 5.82 Å². The van der Waals surface area contributed by atoms with Crippen LogP contribution in [0.4, 0.5) is 4.39 Å². The quantitative estimate of drug-likeness (QED) is 0.605.